The molecule has 0 aliphatic heterocycles. The molecule has 2 aromatic rings. The minimum absolute atomic E-state index is 0.322. The van der Waals surface area contributed by atoms with Crippen molar-refractivity contribution < 1.29 is 4.39 Å². The first kappa shape index (κ1) is 15.4. The summed E-state index contributed by atoms with van der Waals surface area (Å²) in [6.07, 6.45) is 0.831. The molecule has 0 fully saturated rings. The molecule has 0 spiro atoms. The SMILES string of the molecule is CCc1nc(-c2c(F)cccc2Cl)sc1CNC(C)C. The third-order valence-corrected chi connectivity index (χ3v) is 4.39. The lowest BCUT2D eigenvalue weighted by atomic mass is 10.2. The molecule has 5 heteroatoms. The van der Waals surface area contributed by atoms with Crippen molar-refractivity contribution >= 4 is 22.9 Å². The fourth-order valence-corrected chi connectivity index (χ4v) is 3.37. The van der Waals surface area contributed by atoms with Crippen LogP contribution in [-0.4, -0.2) is 11.0 Å². The van der Waals surface area contributed by atoms with E-state index in [2.05, 4.69) is 31.1 Å². The van der Waals surface area contributed by atoms with Crippen LogP contribution < -0.4 is 5.32 Å². The zero-order valence-electron chi connectivity index (χ0n) is 11.8. The van der Waals surface area contributed by atoms with E-state index in [4.69, 9.17) is 11.6 Å². The molecule has 1 heterocycles. The molecule has 0 aliphatic rings. The van der Waals surface area contributed by atoms with Gasteiger partial charge in [0.1, 0.15) is 10.8 Å². The van der Waals surface area contributed by atoms with E-state index in [1.54, 1.807) is 12.1 Å². The predicted molar refractivity (Wildman–Crippen MR) is 83.9 cm³/mol. The van der Waals surface area contributed by atoms with E-state index >= 15 is 0 Å². The first-order valence-corrected chi connectivity index (χ1v) is 7.88. The van der Waals surface area contributed by atoms with Crippen molar-refractivity contribution in [3.63, 3.8) is 0 Å². The Hall–Kier alpha value is -0.970. The number of nitrogens with one attached hydrogen (secondary N) is 1. The monoisotopic (exact) mass is 312 g/mol. The number of rotatable bonds is 5. The van der Waals surface area contributed by atoms with Gasteiger partial charge in [0.15, 0.2) is 0 Å². The molecule has 20 heavy (non-hydrogen) atoms. The van der Waals surface area contributed by atoms with Crippen molar-refractivity contribution in [2.24, 2.45) is 0 Å². The van der Waals surface area contributed by atoms with Gasteiger partial charge in [-0.1, -0.05) is 38.4 Å². The van der Waals surface area contributed by atoms with Crippen LogP contribution in [0.2, 0.25) is 5.02 Å². The Labute approximate surface area is 128 Å². The Kier molecular flexibility index (Phi) is 5.13. The highest BCUT2D eigenvalue weighted by Gasteiger charge is 2.17. The second-order valence-electron chi connectivity index (χ2n) is 4.87. The van der Waals surface area contributed by atoms with E-state index in [0.717, 1.165) is 23.5 Å². The third-order valence-electron chi connectivity index (χ3n) is 2.96. The van der Waals surface area contributed by atoms with Gasteiger partial charge in [0, 0.05) is 17.5 Å². The van der Waals surface area contributed by atoms with E-state index in [9.17, 15) is 4.39 Å². The Morgan fingerprint density at radius 1 is 1.40 bits per heavy atom. The van der Waals surface area contributed by atoms with Crippen molar-refractivity contribution in [3.05, 3.63) is 39.6 Å². The Bertz CT molecular complexity index is 575. The van der Waals surface area contributed by atoms with Gasteiger partial charge in [-0.25, -0.2) is 9.37 Å². The number of nitrogens with zero attached hydrogens (tertiary/aromatic N) is 1. The number of hydrogen-bond donors (Lipinski definition) is 1. The predicted octanol–water partition coefficient (Wildman–Crippen LogP) is 4.66. The molecule has 0 radical (unpaired) electrons. The van der Waals surface area contributed by atoms with E-state index in [0.29, 0.717) is 21.6 Å². The van der Waals surface area contributed by atoms with Gasteiger partial charge in [-0.3, -0.25) is 0 Å². The summed E-state index contributed by atoms with van der Waals surface area (Å²) in [5, 5.41) is 4.44. The van der Waals surface area contributed by atoms with Gasteiger partial charge in [-0.15, -0.1) is 11.3 Å². The lowest BCUT2D eigenvalue weighted by Crippen LogP contribution is -2.21. The van der Waals surface area contributed by atoms with Gasteiger partial charge in [-0.05, 0) is 18.6 Å². The lowest BCUT2D eigenvalue weighted by Gasteiger charge is -2.06. The van der Waals surface area contributed by atoms with Crippen molar-refractivity contribution in [2.75, 3.05) is 0 Å². The summed E-state index contributed by atoms with van der Waals surface area (Å²) in [5.41, 5.74) is 1.42. The summed E-state index contributed by atoms with van der Waals surface area (Å²) in [4.78, 5) is 5.70. The van der Waals surface area contributed by atoms with Crippen LogP contribution in [0.5, 0.6) is 0 Å². The van der Waals surface area contributed by atoms with Crippen LogP contribution >= 0.6 is 22.9 Å². The summed E-state index contributed by atoms with van der Waals surface area (Å²) >= 11 is 7.62. The van der Waals surface area contributed by atoms with Crippen LogP contribution in [0.25, 0.3) is 10.6 Å². The van der Waals surface area contributed by atoms with Gasteiger partial charge in [-0.2, -0.15) is 0 Å². The van der Waals surface area contributed by atoms with Crippen LogP contribution in [-0.2, 0) is 13.0 Å². The lowest BCUT2D eigenvalue weighted by molar-refractivity contribution is 0.590. The minimum atomic E-state index is -0.322. The molecule has 0 saturated heterocycles. The molecular weight excluding hydrogens is 295 g/mol. The topological polar surface area (TPSA) is 24.9 Å². The van der Waals surface area contributed by atoms with Crippen LogP contribution in [0.1, 0.15) is 31.3 Å². The number of hydrogen-bond acceptors (Lipinski definition) is 3. The molecule has 0 unspecified atom stereocenters. The number of halogens is 2. The number of aryl methyl sites for hydroxylation is 1. The first-order chi connectivity index (χ1) is 9.52. The number of thiazole rings is 1. The van der Waals surface area contributed by atoms with E-state index in [1.165, 1.54) is 17.4 Å². The largest absolute Gasteiger partial charge is 0.310 e. The molecule has 1 aromatic carbocycles. The highest BCUT2D eigenvalue weighted by molar-refractivity contribution is 7.15. The molecule has 1 aromatic heterocycles. The van der Waals surface area contributed by atoms with Crippen molar-refractivity contribution in [1.82, 2.24) is 10.3 Å². The third kappa shape index (κ3) is 3.37. The molecule has 0 atom stereocenters. The maximum absolute atomic E-state index is 14.0. The quantitative estimate of drug-likeness (QED) is 0.868. The summed E-state index contributed by atoms with van der Waals surface area (Å²) in [6, 6.07) is 5.12. The smallest absolute Gasteiger partial charge is 0.134 e. The molecule has 1 N–H and O–H groups in total. The summed E-state index contributed by atoms with van der Waals surface area (Å²) in [6.45, 7) is 7.01. The van der Waals surface area contributed by atoms with Crippen molar-refractivity contribution in [2.45, 2.75) is 39.8 Å². The van der Waals surface area contributed by atoms with Crippen LogP contribution in [0, 0.1) is 5.82 Å². The Morgan fingerprint density at radius 2 is 2.15 bits per heavy atom. The van der Waals surface area contributed by atoms with Crippen LogP contribution in [0.4, 0.5) is 4.39 Å². The fourth-order valence-electron chi connectivity index (χ4n) is 1.90. The van der Waals surface area contributed by atoms with Crippen molar-refractivity contribution in [1.29, 1.82) is 0 Å². The first-order valence-electron chi connectivity index (χ1n) is 6.69. The molecular formula is C15H18ClFN2S. The molecule has 0 amide bonds. The Balaban J connectivity index is 2.38. The molecule has 2 nitrogen and oxygen atoms in total. The van der Waals surface area contributed by atoms with E-state index in [-0.39, 0.29) is 5.82 Å². The zero-order chi connectivity index (χ0) is 14.7. The van der Waals surface area contributed by atoms with Crippen LogP contribution in [0.15, 0.2) is 18.2 Å². The highest BCUT2D eigenvalue weighted by atomic mass is 35.5. The molecule has 0 saturated carbocycles. The van der Waals surface area contributed by atoms with Gasteiger partial charge >= 0.3 is 0 Å². The number of aromatic nitrogens is 1. The van der Waals surface area contributed by atoms with E-state index < -0.39 is 0 Å². The standard InChI is InChI=1S/C15H18ClFN2S/c1-4-12-13(8-18-9(2)3)20-15(19-12)14-10(16)6-5-7-11(14)17/h5-7,9,18H,4,8H2,1-3H3. The second kappa shape index (κ2) is 6.66. The minimum Gasteiger partial charge on any atom is -0.310 e. The van der Waals surface area contributed by atoms with Gasteiger partial charge in [0.25, 0.3) is 0 Å². The maximum Gasteiger partial charge on any atom is 0.134 e. The molecule has 0 aliphatic carbocycles. The van der Waals surface area contributed by atoms with Gasteiger partial charge in [0.05, 0.1) is 16.3 Å². The summed E-state index contributed by atoms with van der Waals surface area (Å²) in [7, 11) is 0. The molecule has 108 valence electrons. The van der Waals surface area contributed by atoms with E-state index in [1.807, 2.05) is 0 Å². The maximum atomic E-state index is 14.0. The zero-order valence-corrected chi connectivity index (χ0v) is 13.4. The average molecular weight is 313 g/mol. The fraction of sp³-hybridized carbons (Fsp3) is 0.400. The number of benzene rings is 1. The van der Waals surface area contributed by atoms with Crippen LogP contribution in [0.3, 0.4) is 0 Å². The summed E-state index contributed by atoms with van der Waals surface area (Å²) < 4.78 is 14.0. The second-order valence-corrected chi connectivity index (χ2v) is 6.37. The Morgan fingerprint density at radius 3 is 2.75 bits per heavy atom. The summed E-state index contributed by atoms with van der Waals surface area (Å²) in [5.74, 6) is -0.322. The van der Waals surface area contributed by atoms with Crippen molar-refractivity contribution in [3.8, 4) is 10.6 Å². The van der Waals surface area contributed by atoms with Gasteiger partial charge in [0.2, 0.25) is 0 Å². The normalized spacial score (nSPS) is 11.3. The molecule has 2 rings (SSSR count). The average Bonchev–Trinajstić information content (AvgIpc) is 2.79. The van der Waals surface area contributed by atoms with Gasteiger partial charge < -0.3 is 5.32 Å². The highest BCUT2D eigenvalue weighted by Crippen LogP contribution is 2.35. The molecule has 0 bridgehead atoms.